The molecule has 1 aliphatic rings. The van der Waals surface area contributed by atoms with E-state index in [1.165, 1.54) is 16.8 Å². The quantitative estimate of drug-likeness (QED) is 0.726. The number of anilines is 1. The van der Waals surface area contributed by atoms with E-state index in [1.807, 2.05) is 13.0 Å². The number of allylic oxidation sites excluding steroid dienone is 1. The Labute approximate surface area is 125 Å². The fourth-order valence-corrected chi connectivity index (χ4v) is 2.22. The molecular formula is C14H21NO5S. The Hall–Kier alpha value is -1.57. The Balaban J connectivity index is 0.000000383. The molecule has 1 aromatic rings. The third-order valence-electron chi connectivity index (χ3n) is 2.76. The normalized spacial score (nSPS) is 15.8. The Morgan fingerprint density at radius 3 is 2.38 bits per heavy atom. The van der Waals surface area contributed by atoms with Crippen LogP contribution in [0.25, 0.3) is 5.57 Å². The van der Waals surface area contributed by atoms with Gasteiger partial charge in [0.2, 0.25) is 0 Å². The van der Waals surface area contributed by atoms with Gasteiger partial charge in [-0.1, -0.05) is 6.08 Å². The van der Waals surface area contributed by atoms with Crippen molar-refractivity contribution in [1.82, 2.24) is 0 Å². The van der Waals surface area contributed by atoms with Gasteiger partial charge in [0.15, 0.2) is 0 Å². The van der Waals surface area contributed by atoms with Crippen LogP contribution in [0.2, 0.25) is 0 Å². The maximum absolute atomic E-state index is 8.74. The number of benzene rings is 1. The highest BCUT2D eigenvalue weighted by atomic mass is 32.3. The summed E-state index contributed by atoms with van der Waals surface area (Å²) in [5.74, 6) is 0.940. The van der Waals surface area contributed by atoms with Gasteiger partial charge in [-0.15, -0.1) is 0 Å². The molecule has 0 aliphatic carbocycles. The van der Waals surface area contributed by atoms with Crippen LogP contribution in [0.1, 0.15) is 33.3 Å². The standard InChI is InChI=1S/C14H19NO.H2O4S/c1-5-16-11-6-7-13-12(8-11)10(2)9-14(3,4)15-13;1-5(2,3)4/h6-9,15H,5H2,1-4H3;(H2,1,2,3,4). The fraction of sp³-hybridized carbons (Fsp3) is 0.429. The van der Waals surface area contributed by atoms with Crippen molar-refractivity contribution >= 4 is 21.7 Å². The van der Waals surface area contributed by atoms with Gasteiger partial charge < -0.3 is 10.1 Å². The summed E-state index contributed by atoms with van der Waals surface area (Å²) in [6, 6.07) is 6.22. The van der Waals surface area contributed by atoms with Crippen LogP contribution < -0.4 is 10.1 Å². The third-order valence-corrected chi connectivity index (χ3v) is 2.76. The van der Waals surface area contributed by atoms with Crippen molar-refractivity contribution in [2.24, 2.45) is 0 Å². The van der Waals surface area contributed by atoms with Crippen LogP contribution in [0.15, 0.2) is 24.3 Å². The second-order valence-corrected chi connectivity index (χ2v) is 6.16. The van der Waals surface area contributed by atoms with E-state index in [1.54, 1.807) is 0 Å². The molecule has 21 heavy (non-hydrogen) atoms. The van der Waals surface area contributed by atoms with Gasteiger partial charge in [-0.2, -0.15) is 8.42 Å². The van der Waals surface area contributed by atoms with Crippen molar-refractivity contribution in [1.29, 1.82) is 0 Å². The zero-order chi connectivity index (χ0) is 16.3. The van der Waals surface area contributed by atoms with Gasteiger partial charge in [-0.25, -0.2) is 0 Å². The van der Waals surface area contributed by atoms with E-state index < -0.39 is 10.4 Å². The number of nitrogens with one attached hydrogen (secondary N) is 1. The lowest BCUT2D eigenvalue weighted by molar-refractivity contribution is 0.340. The molecule has 118 valence electrons. The average molecular weight is 315 g/mol. The summed E-state index contributed by atoms with van der Waals surface area (Å²) in [5, 5.41) is 3.50. The highest BCUT2D eigenvalue weighted by Gasteiger charge is 2.22. The molecule has 7 heteroatoms. The van der Waals surface area contributed by atoms with Crippen molar-refractivity contribution in [3.8, 4) is 5.75 Å². The Morgan fingerprint density at radius 1 is 1.29 bits per heavy atom. The van der Waals surface area contributed by atoms with Gasteiger partial charge in [0.1, 0.15) is 5.75 Å². The topological polar surface area (TPSA) is 95.9 Å². The van der Waals surface area contributed by atoms with Gasteiger partial charge in [0, 0.05) is 11.3 Å². The summed E-state index contributed by atoms with van der Waals surface area (Å²) in [7, 11) is -4.67. The first-order chi connectivity index (χ1) is 9.52. The van der Waals surface area contributed by atoms with Crippen molar-refractivity contribution in [2.45, 2.75) is 33.2 Å². The summed E-state index contributed by atoms with van der Waals surface area (Å²) < 4.78 is 37.1. The van der Waals surface area contributed by atoms with Crippen LogP contribution in [-0.2, 0) is 10.4 Å². The molecule has 0 unspecified atom stereocenters. The van der Waals surface area contributed by atoms with E-state index in [9.17, 15) is 0 Å². The van der Waals surface area contributed by atoms with Gasteiger partial charge in [-0.05, 0) is 51.5 Å². The lowest BCUT2D eigenvalue weighted by Crippen LogP contribution is -2.31. The number of hydrogen-bond acceptors (Lipinski definition) is 4. The lowest BCUT2D eigenvalue weighted by Gasteiger charge is -2.31. The fourth-order valence-electron chi connectivity index (χ4n) is 2.22. The van der Waals surface area contributed by atoms with Crippen molar-refractivity contribution in [3.63, 3.8) is 0 Å². The smallest absolute Gasteiger partial charge is 0.394 e. The number of rotatable bonds is 2. The molecule has 0 radical (unpaired) electrons. The largest absolute Gasteiger partial charge is 0.494 e. The van der Waals surface area contributed by atoms with Crippen molar-refractivity contribution in [2.75, 3.05) is 11.9 Å². The van der Waals surface area contributed by atoms with Crippen molar-refractivity contribution in [3.05, 3.63) is 29.8 Å². The number of fused-ring (bicyclic) bond motifs is 1. The van der Waals surface area contributed by atoms with Gasteiger partial charge in [0.05, 0.1) is 12.1 Å². The molecule has 3 N–H and O–H groups in total. The minimum atomic E-state index is -4.67. The summed E-state index contributed by atoms with van der Waals surface area (Å²) in [5.41, 5.74) is 3.77. The third kappa shape index (κ3) is 6.16. The van der Waals surface area contributed by atoms with E-state index in [-0.39, 0.29) is 5.54 Å². The maximum Gasteiger partial charge on any atom is 0.394 e. The second kappa shape index (κ2) is 6.46. The summed E-state index contributed by atoms with van der Waals surface area (Å²) in [6.45, 7) is 9.22. The van der Waals surface area contributed by atoms with E-state index >= 15 is 0 Å². The van der Waals surface area contributed by atoms with Crippen LogP contribution >= 0.6 is 0 Å². The highest BCUT2D eigenvalue weighted by Crippen LogP contribution is 2.35. The Kier molecular flexibility index (Phi) is 5.38. The zero-order valence-electron chi connectivity index (χ0n) is 12.5. The summed E-state index contributed by atoms with van der Waals surface area (Å²) >= 11 is 0. The minimum absolute atomic E-state index is 0.0320. The molecule has 1 heterocycles. The van der Waals surface area contributed by atoms with E-state index in [0.717, 1.165) is 5.75 Å². The molecule has 0 bridgehead atoms. The molecule has 0 saturated carbocycles. The molecular weight excluding hydrogens is 294 g/mol. The summed E-state index contributed by atoms with van der Waals surface area (Å²) in [4.78, 5) is 0. The second-order valence-electron chi connectivity index (χ2n) is 5.26. The lowest BCUT2D eigenvalue weighted by atomic mass is 9.91. The molecule has 2 rings (SSSR count). The Morgan fingerprint density at radius 2 is 1.86 bits per heavy atom. The first-order valence-electron chi connectivity index (χ1n) is 6.46. The van der Waals surface area contributed by atoms with E-state index in [0.29, 0.717) is 6.61 Å². The van der Waals surface area contributed by atoms with Crippen molar-refractivity contribution < 1.29 is 22.3 Å². The monoisotopic (exact) mass is 315 g/mol. The van der Waals surface area contributed by atoms with Crippen LogP contribution in [0.5, 0.6) is 5.75 Å². The molecule has 1 aliphatic heterocycles. The number of ether oxygens (including phenoxy) is 1. The molecule has 0 saturated heterocycles. The van der Waals surface area contributed by atoms with Crippen LogP contribution in [0.4, 0.5) is 5.69 Å². The molecule has 1 aromatic carbocycles. The Bertz CT molecular complexity index is 627. The molecule has 0 spiro atoms. The molecule has 0 aromatic heterocycles. The maximum atomic E-state index is 8.74. The summed E-state index contributed by atoms with van der Waals surface area (Å²) in [6.07, 6.45) is 2.26. The first kappa shape index (κ1) is 17.5. The molecule has 0 atom stereocenters. The molecule has 0 fully saturated rings. The number of hydrogen-bond donors (Lipinski definition) is 3. The van der Waals surface area contributed by atoms with E-state index in [4.69, 9.17) is 22.3 Å². The van der Waals surface area contributed by atoms with E-state index in [2.05, 4.69) is 44.3 Å². The average Bonchev–Trinajstić information content (AvgIpc) is 2.27. The predicted molar refractivity (Wildman–Crippen MR) is 83.1 cm³/mol. The van der Waals surface area contributed by atoms with Crippen LogP contribution in [0, 0.1) is 0 Å². The highest BCUT2D eigenvalue weighted by molar-refractivity contribution is 7.79. The molecule has 0 amide bonds. The zero-order valence-corrected chi connectivity index (χ0v) is 13.4. The SMILES string of the molecule is CCOc1ccc2c(c1)C(C)=CC(C)(C)N2.O=S(=O)(O)O. The minimum Gasteiger partial charge on any atom is -0.494 e. The molecule has 6 nitrogen and oxygen atoms in total. The van der Waals surface area contributed by atoms with Gasteiger partial charge in [-0.3, -0.25) is 9.11 Å². The van der Waals surface area contributed by atoms with Crippen LogP contribution in [0.3, 0.4) is 0 Å². The van der Waals surface area contributed by atoms with Gasteiger partial charge >= 0.3 is 10.4 Å². The predicted octanol–water partition coefficient (Wildman–Crippen LogP) is 3.04. The first-order valence-corrected chi connectivity index (χ1v) is 7.86. The van der Waals surface area contributed by atoms with Crippen LogP contribution in [-0.4, -0.2) is 29.7 Å². The van der Waals surface area contributed by atoms with Gasteiger partial charge in [0.25, 0.3) is 0 Å².